The van der Waals surface area contributed by atoms with Crippen molar-refractivity contribution in [2.45, 2.75) is 58.3 Å². The molecule has 0 aromatic heterocycles. The highest BCUT2D eigenvalue weighted by Crippen LogP contribution is 2.49. The molecule has 0 radical (unpaired) electrons. The van der Waals surface area contributed by atoms with E-state index >= 15 is 0 Å². The number of benzene rings is 1. The molecule has 1 aliphatic heterocycles. The van der Waals surface area contributed by atoms with Gasteiger partial charge < -0.3 is 10.6 Å². The number of carbonyl (C=O) groups excluding carboxylic acids is 2. The molecule has 0 unspecified atom stereocenters. The molecule has 2 N–H and O–H groups in total. The number of nitrogens with one attached hydrogen (secondary N) is 2. The fraction of sp³-hybridized carbons (Fsp3) is 0.556. The van der Waals surface area contributed by atoms with Crippen molar-refractivity contribution in [3.63, 3.8) is 0 Å². The fourth-order valence-electron chi connectivity index (χ4n) is 3.65. The van der Waals surface area contributed by atoms with Crippen molar-refractivity contribution in [2.75, 3.05) is 10.6 Å². The standard InChI is InChI=1S/C18H24N2O2/c1-17(2,3)11-15(21)19-12-6-7-14-13(10-12)18(16(22)20-14)8-4-5-9-18/h6-7,10H,4-5,8-9,11H2,1-3H3,(H,19,21)(H,20,22). The van der Waals surface area contributed by atoms with E-state index in [9.17, 15) is 9.59 Å². The quantitative estimate of drug-likeness (QED) is 0.872. The van der Waals surface area contributed by atoms with Gasteiger partial charge in [-0.05, 0) is 42.0 Å². The molecule has 0 saturated heterocycles. The molecule has 1 saturated carbocycles. The van der Waals surface area contributed by atoms with E-state index < -0.39 is 0 Å². The average Bonchev–Trinajstić information content (AvgIpc) is 2.97. The van der Waals surface area contributed by atoms with Crippen LogP contribution in [0.4, 0.5) is 11.4 Å². The van der Waals surface area contributed by atoms with Crippen molar-refractivity contribution in [3.05, 3.63) is 23.8 Å². The van der Waals surface area contributed by atoms with Crippen LogP contribution in [0.25, 0.3) is 0 Å². The van der Waals surface area contributed by atoms with E-state index in [1.165, 1.54) is 0 Å². The lowest BCUT2D eigenvalue weighted by Crippen LogP contribution is -2.31. The normalized spacial score (nSPS) is 19.1. The molecule has 1 fully saturated rings. The lowest BCUT2D eigenvalue weighted by molar-refractivity contribution is -0.120. The number of carbonyl (C=O) groups is 2. The smallest absolute Gasteiger partial charge is 0.235 e. The summed E-state index contributed by atoms with van der Waals surface area (Å²) in [6, 6.07) is 5.76. The Morgan fingerprint density at radius 1 is 1.27 bits per heavy atom. The number of amides is 2. The highest BCUT2D eigenvalue weighted by molar-refractivity contribution is 6.07. The molecule has 2 aliphatic rings. The molecule has 4 heteroatoms. The summed E-state index contributed by atoms with van der Waals surface area (Å²) in [4.78, 5) is 24.5. The first-order chi connectivity index (χ1) is 10.3. The maximum absolute atomic E-state index is 12.4. The monoisotopic (exact) mass is 300 g/mol. The van der Waals surface area contributed by atoms with E-state index in [-0.39, 0.29) is 22.6 Å². The summed E-state index contributed by atoms with van der Waals surface area (Å²) >= 11 is 0. The maximum Gasteiger partial charge on any atom is 0.235 e. The van der Waals surface area contributed by atoms with Crippen LogP contribution in [-0.4, -0.2) is 11.8 Å². The Kier molecular flexibility index (Phi) is 3.50. The topological polar surface area (TPSA) is 58.2 Å². The van der Waals surface area contributed by atoms with E-state index in [2.05, 4.69) is 10.6 Å². The van der Waals surface area contributed by atoms with Gasteiger partial charge in [-0.25, -0.2) is 0 Å². The maximum atomic E-state index is 12.4. The van der Waals surface area contributed by atoms with Crippen LogP contribution in [0.1, 0.15) is 58.4 Å². The lowest BCUT2D eigenvalue weighted by Gasteiger charge is -2.21. The average molecular weight is 300 g/mol. The third kappa shape index (κ3) is 2.62. The Morgan fingerprint density at radius 2 is 1.95 bits per heavy atom. The Hall–Kier alpha value is -1.84. The van der Waals surface area contributed by atoms with E-state index in [0.717, 1.165) is 42.6 Å². The third-order valence-electron chi connectivity index (χ3n) is 4.65. The number of hydrogen-bond acceptors (Lipinski definition) is 2. The van der Waals surface area contributed by atoms with E-state index in [0.29, 0.717) is 6.42 Å². The van der Waals surface area contributed by atoms with Crippen LogP contribution >= 0.6 is 0 Å². The zero-order chi connectivity index (χ0) is 16.0. The van der Waals surface area contributed by atoms with Crippen LogP contribution in [-0.2, 0) is 15.0 Å². The van der Waals surface area contributed by atoms with Gasteiger partial charge in [0, 0.05) is 17.8 Å². The fourth-order valence-corrected chi connectivity index (χ4v) is 3.65. The first-order valence-corrected chi connectivity index (χ1v) is 8.06. The number of hydrogen-bond donors (Lipinski definition) is 2. The van der Waals surface area contributed by atoms with Crippen LogP contribution in [0.3, 0.4) is 0 Å². The van der Waals surface area contributed by atoms with Crippen molar-refractivity contribution in [1.82, 2.24) is 0 Å². The second kappa shape index (κ2) is 5.11. The van der Waals surface area contributed by atoms with Crippen LogP contribution in [0.15, 0.2) is 18.2 Å². The molecule has 22 heavy (non-hydrogen) atoms. The van der Waals surface area contributed by atoms with Gasteiger partial charge in [0.05, 0.1) is 5.41 Å². The van der Waals surface area contributed by atoms with E-state index in [1.807, 2.05) is 39.0 Å². The van der Waals surface area contributed by atoms with Crippen LogP contribution < -0.4 is 10.6 Å². The molecule has 1 heterocycles. The third-order valence-corrected chi connectivity index (χ3v) is 4.65. The molecule has 2 amide bonds. The summed E-state index contributed by atoms with van der Waals surface area (Å²) in [5.74, 6) is 0.142. The van der Waals surface area contributed by atoms with Gasteiger partial charge in [-0.3, -0.25) is 9.59 Å². The van der Waals surface area contributed by atoms with Crippen LogP contribution in [0.2, 0.25) is 0 Å². The minimum absolute atomic E-state index is 0.0187. The molecule has 4 nitrogen and oxygen atoms in total. The predicted octanol–water partition coefficient (Wildman–Crippen LogP) is 3.83. The molecule has 0 atom stereocenters. The summed E-state index contributed by atoms with van der Waals surface area (Å²) in [7, 11) is 0. The Labute approximate surface area is 131 Å². The minimum atomic E-state index is -0.361. The number of rotatable bonds is 2. The number of anilines is 2. The summed E-state index contributed by atoms with van der Waals surface area (Å²) in [6.45, 7) is 6.14. The second-order valence-corrected chi connectivity index (χ2v) is 7.79. The molecular weight excluding hydrogens is 276 g/mol. The molecular formula is C18H24N2O2. The highest BCUT2D eigenvalue weighted by Gasteiger charge is 2.48. The largest absolute Gasteiger partial charge is 0.326 e. The van der Waals surface area contributed by atoms with E-state index in [1.54, 1.807) is 0 Å². The van der Waals surface area contributed by atoms with Crippen molar-refractivity contribution in [2.24, 2.45) is 5.41 Å². The lowest BCUT2D eigenvalue weighted by atomic mass is 9.80. The summed E-state index contributed by atoms with van der Waals surface area (Å²) in [5, 5.41) is 5.97. The highest BCUT2D eigenvalue weighted by atomic mass is 16.2. The number of fused-ring (bicyclic) bond motifs is 2. The van der Waals surface area contributed by atoms with Crippen molar-refractivity contribution < 1.29 is 9.59 Å². The van der Waals surface area contributed by atoms with Gasteiger partial charge in [0.15, 0.2) is 0 Å². The first-order valence-electron chi connectivity index (χ1n) is 8.06. The molecule has 118 valence electrons. The van der Waals surface area contributed by atoms with Gasteiger partial charge in [-0.2, -0.15) is 0 Å². The predicted molar refractivity (Wildman–Crippen MR) is 87.9 cm³/mol. The van der Waals surface area contributed by atoms with Gasteiger partial charge in [0.2, 0.25) is 11.8 Å². The zero-order valence-electron chi connectivity index (χ0n) is 13.6. The molecule has 1 aromatic rings. The summed E-state index contributed by atoms with van der Waals surface area (Å²) in [5.41, 5.74) is 2.35. The Balaban J connectivity index is 1.84. The zero-order valence-corrected chi connectivity index (χ0v) is 13.6. The van der Waals surface area contributed by atoms with Crippen molar-refractivity contribution in [1.29, 1.82) is 0 Å². The van der Waals surface area contributed by atoms with Crippen molar-refractivity contribution >= 4 is 23.2 Å². The Morgan fingerprint density at radius 3 is 2.59 bits per heavy atom. The second-order valence-electron chi connectivity index (χ2n) is 7.79. The molecule has 3 rings (SSSR count). The molecule has 1 aromatic carbocycles. The van der Waals surface area contributed by atoms with Gasteiger partial charge in [-0.1, -0.05) is 33.6 Å². The molecule has 0 bridgehead atoms. The van der Waals surface area contributed by atoms with Gasteiger partial charge in [0.25, 0.3) is 0 Å². The van der Waals surface area contributed by atoms with Gasteiger partial charge >= 0.3 is 0 Å². The summed E-state index contributed by atoms with van der Waals surface area (Å²) in [6.07, 6.45) is 4.48. The Bertz CT molecular complexity index is 622. The minimum Gasteiger partial charge on any atom is -0.326 e. The SMILES string of the molecule is CC(C)(C)CC(=O)Nc1ccc2c(c1)C1(CCCC1)C(=O)N2. The van der Waals surface area contributed by atoms with Crippen molar-refractivity contribution in [3.8, 4) is 0 Å². The van der Waals surface area contributed by atoms with Gasteiger partial charge in [-0.15, -0.1) is 0 Å². The van der Waals surface area contributed by atoms with Gasteiger partial charge in [0.1, 0.15) is 0 Å². The first kappa shape index (κ1) is 15.1. The molecule has 1 aliphatic carbocycles. The van der Waals surface area contributed by atoms with Crippen LogP contribution in [0.5, 0.6) is 0 Å². The van der Waals surface area contributed by atoms with E-state index in [4.69, 9.17) is 0 Å². The van der Waals surface area contributed by atoms with Crippen LogP contribution in [0, 0.1) is 5.41 Å². The summed E-state index contributed by atoms with van der Waals surface area (Å²) < 4.78 is 0. The molecule has 1 spiro atoms.